The van der Waals surface area contributed by atoms with Crippen LogP contribution in [0.15, 0.2) is 89.4 Å². The second-order valence-corrected chi connectivity index (χ2v) is 7.84. The molecule has 0 unspecified atom stereocenters. The average molecular weight is 404 g/mol. The van der Waals surface area contributed by atoms with Crippen molar-refractivity contribution in [1.82, 2.24) is 9.97 Å². The van der Waals surface area contributed by atoms with Gasteiger partial charge >= 0.3 is 0 Å². The van der Waals surface area contributed by atoms with Crippen LogP contribution in [-0.4, -0.2) is 21.6 Å². The van der Waals surface area contributed by atoms with Crippen LogP contribution in [0.25, 0.3) is 22.4 Å². The van der Waals surface area contributed by atoms with Crippen LogP contribution in [0.2, 0.25) is 0 Å². The largest absolute Gasteiger partial charge is 0.301 e. The zero-order valence-electron chi connectivity index (χ0n) is 14.9. The van der Waals surface area contributed by atoms with Gasteiger partial charge in [0.15, 0.2) is 5.13 Å². The molecule has 0 fully saturated rings. The minimum absolute atomic E-state index is 0.0871. The molecule has 0 atom stereocenters. The van der Waals surface area contributed by atoms with Crippen molar-refractivity contribution in [1.29, 1.82) is 0 Å². The molecule has 0 bridgehead atoms. The van der Waals surface area contributed by atoms with Gasteiger partial charge in [0.1, 0.15) is 0 Å². The van der Waals surface area contributed by atoms with Gasteiger partial charge in [0.2, 0.25) is 5.91 Å². The monoisotopic (exact) mass is 403 g/mol. The number of nitrogens with zero attached hydrogens (tertiary/aromatic N) is 2. The van der Waals surface area contributed by atoms with Gasteiger partial charge in [-0.05, 0) is 23.3 Å². The van der Waals surface area contributed by atoms with E-state index in [9.17, 15) is 4.79 Å². The van der Waals surface area contributed by atoms with E-state index in [1.165, 1.54) is 34.2 Å². The number of hydrogen-bond acceptors (Lipinski definition) is 5. The third-order valence-corrected chi connectivity index (χ3v) is 5.73. The lowest BCUT2D eigenvalue weighted by Gasteiger charge is -2.03. The fourth-order valence-corrected chi connectivity index (χ4v) is 4.05. The van der Waals surface area contributed by atoms with Crippen molar-refractivity contribution >= 4 is 34.1 Å². The van der Waals surface area contributed by atoms with Crippen molar-refractivity contribution in [2.24, 2.45) is 0 Å². The fourth-order valence-electron chi connectivity index (χ4n) is 2.66. The number of nitrogens with one attached hydrogen (secondary N) is 1. The molecule has 0 radical (unpaired) electrons. The molecule has 0 aliphatic carbocycles. The molecule has 138 valence electrons. The van der Waals surface area contributed by atoms with Crippen LogP contribution >= 0.6 is 23.1 Å². The Hall–Kier alpha value is -2.96. The predicted molar refractivity (Wildman–Crippen MR) is 117 cm³/mol. The fraction of sp³-hybridized carbons (Fsp3) is 0.0455. The van der Waals surface area contributed by atoms with E-state index in [0.29, 0.717) is 10.9 Å². The van der Waals surface area contributed by atoms with Gasteiger partial charge in [-0.25, -0.2) is 9.97 Å². The summed E-state index contributed by atoms with van der Waals surface area (Å²) < 4.78 is 0. The number of rotatable bonds is 6. The highest BCUT2D eigenvalue weighted by Gasteiger charge is 2.09. The number of thioether (sulfide) groups is 1. The molecule has 0 aliphatic rings. The lowest BCUT2D eigenvalue weighted by Crippen LogP contribution is -2.13. The third-order valence-electron chi connectivity index (χ3n) is 4.03. The number of carbonyl (C=O) groups excluding carboxylic acids is 1. The normalized spacial score (nSPS) is 10.6. The molecular weight excluding hydrogens is 386 g/mol. The van der Waals surface area contributed by atoms with E-state index in [-0.39, 0.29) is 5.91 Å². The van der Waals surface area contributed by atoms with E-state index in [4.69, 9.17) is 0 Å². The van der Waals surface area contributed by atoms with Crippen LogP contribution < -0.4 is 5.32 Å². The molecular formula is C22H17N3OS2. The first-order chi connectivity index (χ1) is 13.8. The molecule has 2 aromatic carbocycles. The topological polar surface area (TPSA) is 54.9 Å². The van der Waals surface area contributed by atoms with Crippen molar-refractivity contribution < 1.29 is 4.79 Å². The van der Waals surface area contributed by atoms with Crippen molar-refractivity contribution in [2.75, 3.05) is 11.1 Å². The van der Waals surface area contributed by atoms with Crippen molar-refractivity contribution in [3.05, 3.63) is 84.4 Å². The van der Waals surface area contributed by atoms with E-state index in [0.717, 1.165) is 16.3 Å². The smallest absolute Gasteiger partial charge is 0.236 e. The molecule has 0 saturated heterocycles. The van der Waals surface area contributed by atoms with Crippen LogP contribution in [0.5, 0.6) is 0 Å². The van der Waals surface area contributed by atoms with Gasteiger partial charge in [-0.15, -0.1) is 11.3 Å². The van der Waals surface area contributed by atoms with Gasteiger partial charge in [-0.1, -0.05) is 72.4 Å². The van der Waals surface area contributed by atoms with Gasteiger partial charge < -0.3 is 5.32 Å². The maximum Gasteiger partial charge on any atom is 0.236 e. The summed E-state index contributed by atoms with van der Waals surface area (Å²) in [5.74, 6) is 0.216. The summed E-state index contributed by atoms with van der Waals surface area (Å²) in [5, 5.41) is 6.25. The molecule has 2 aromatic heterocycles. The molecule has 1 amide bonds. The zero-order chi connectivity index (χ0) is 19.2. The molecule has 4 rings (SSSR count). The Bertz CT molecular complexity index is 1050. The first-order valence-electron chi connectivity index (χ1n) is 8.73. The molecule has 6 heteroatoms. The van der Waals surface area contributed by atoms with Crippen LogP contribution in [0.1, 0.15) is 0 Å². The summed E-state index contributed by atoms with van der Waals surface area (Å²) in [6.07, 6.45) is 1.72. The van der Waals surface area contributed by atoms with E-state index >= 15 is 0 Å². The van der Waals surface area contributed by atoms with Crippen LogP contribution in [0.3, 0.4) is 0 Å². The van der Waals surface area contributed by atoms with Crippen molar-refractivity contribution in [3.8, 4) is 22.4 Å². The van der Waals surface area contributed by atoms with Gasteiger partial charge in [-0.2, -0.15) is 0 Å². The Morgan fingerprint density at radius 1 is 0.893 bits per heavy atom. The molecule has 2 heterocycles. The molecule has 28 heavy (non-hydrogen) atoms. The highest BCUT2D eigenvalue weighted by molar-refractivity contribution is 7.99. The molecule has 0 saturated carbocycles. The lowest BCUT2D eigenvalue weighted by molar-refractivity contribution is -0.113. The summed E-state index contributed by atoms with van der Waals surface area (Å²) in [4.78, 5) is 20.9. The second kappa shape index (κ2) is 8.82. The van der Waals surface area contributed by atoms with Crippen LogP contribution in [-0.2, 0) is 4.79 Å². The Morgan fingerprint density at radius 3 is 2.36 bits per heavy atom. The standard InChI is InChI=1S/C22H17N3OS2/c26-20(15-27-21-8-4-5-13-23-21)25-22-24-19(14-28-22)18-11-9-17(10-12-18)16-6-2-1-3-7-16/h1-14H,15H2,(H,24,25,26). The summed E-state index contributed by atoms with van der Waals surface area (Å²) in [6, 6.07) is 24.2. The summed E-state index contributed by atoms with van der Waals surface area (Å²) in [6.45, 7) is 0. The number of carbonyl (C=O) groups is 1. The van der Waals surface area contributed by atoms with E-state index in [2.05, 4.69) is 51.7 Å². The maximum atomic E-state index is 12.1. The second-order valence-electron chi connectivity index (χ2n) is 5.99. The number of thiazole rings is 1. The first kappa shape index (κ1) is 18.4. The SMILES string of the molecule is O=C(CSc1ccccn1)Nc1nc(-c2ccc(-c3ccccc3)cc2)cs1. The number of benzene rings is 2. The molecule has 4 nitrogen and oxygen atoms in total. The van der Waals surface area contributed by atoms with Crippen molar-refractivity contribution in [2.45, 2.75) is 5.03 Å². The van der Waals surface area contributed by atoms with Gasteiger partial charge in [-0.3, -0.25) is 4.79 Å². The number of aromatic nitrogens is 2. The Labute approximate surface area is 171 Å². The van der Waals surface area contributed by atoms with E-state index < -0.39 is 0 Å². The highest BCUT2D eigenvalue weighted by Crippen LogP contribution is 2.27. The maximum absolute atomic E-state index is 12.1. The van der Waals surface area contributed by atoms with Gasteiger partial charge in [0.25, 0.3) is 0 Å². The lowest BCUT2D eigenvalue weighted by atomic mass is 10.0. The van der Waals surface area contributed by atoms with Gasteiger partial charge in [0, 0.05) is 17.1 Å². The summed E-state index contributed by atoms with van der Waals surface area (Å²) in [5.41, 5.74) is 4.24. The van der Waals surface area contributed by atoms with E-state index in [1.807, 2.05) is 41.8 Å². The summed E-state index contributed by atoms with van der Waals surface area (Å²) in [7, 11) is 0. The predicted octanol–water partition coefficient (Wildman–Crippen LogP) is 5.60. The van der Waals surface area contributed by atoms with Crippen molar-refractivity contribution in [3.63, 3.8) is 0 Å². The molecule has 4 aromatic rings. The Kier molecular flexibility index (Phi) is 5.80. The molecule has 0 aliphatic heterocycles. The number of anilines is 1. The summed E-state index contributed by atoms with van der Waals surface area (Å²) >= 11 is 2.83. The quantitative estimate of drug-likeness (QED) is 0.426. The number of pyridine rings is 1. The Morgan fingerprint density at radius 2 is 1.61 bits per heavy atom. The van der Waals surface area contributed by atoms with Crippen LogP contribution in [0, 0.1) is 0 Å². The van der Waals surface area contributed by atoms with E-state index in [1.54, 1.807) is 6.20 Å². The minimum atomic E-state index is -0.0871. The third kappa shape index (κ3) is 4.65. The first-order valence-corrected chi connectivity index (χ1v) is 10.6. The van der Waals surface area contributed by atoms with Gasteiger partial charge in [0.05, 0.1) is 16.5 Å². The zero-order valence-corrected chi connectivity index (χ0v) is 16.5. The Balaban J connectivity index is 1.38. The highest BCUT2D eigenvalue weighted by atomic mass is 32.2. The molecule has 1 N–H and O–H groups in total. The molecule has 0 spiro atoms. The minimum Gasteiger partial charge on any atom is -0.301 e. The average Bonchev–Trinajstić information content (AvgIpc) is 3.22. The number of amides is 1. The van der Waals surface area contributed by atoms with Crippen LogP contribution in [0.4, 0.5) is 5.13 Å². The number of hydrogen-bond donors (Lipinski definition) is 1.